The van der Waals surface area contributed by atoms with Crippen LogP contribution in [0.5, 0.6) is 0 Å². The molecule has 0 saturated heterocycles. The predicted octanol–water partition coefficient (Wildman–Crippen LogP) is -1.14. The Balaban J connectivity index is 0. The third-order valence-corrected chi connectivity index (χ3v) is 0. The normalized spacial score (nSPS) is 0. The zero-order valence-electron chi connectivity index (χ0n) is 1.63. The van der Waals surface area contributed by atoms with Crippen LogP contribution in [0.15, 0.2) is 0 Å². The SMILES string of the molecule is [Cr+6].[Te-2].[Te-2].[Te-2]. The van der Waals surface area contributed by atoms with Gasteiger partial charge in [-0.15, -0.1) is 0 Å². The van der Waals surface area contributed by atoms with E-state index in [9.17, 15) is 0 Å². The van der Waals surface area contributed by atoms with Crippen molar-refractivity contribution in [1.82, 2.24) is 0 Å². The van der Waals surface area contributed by atoms with Gasteiger partial charge in [0.2, 0.25) is 0 Å². The van der Waals surface area contributed by atoms with E-state index in [-0.39, 0.29) is 88.4 Å². The summed E-state index contributed by atoms with van der Waals surface area (Å²) in [5.41, 5.74) is 0. The summed E-state index contributed by atoms with van der Waals surface area (Å²) in [5, 5.41) is 0. The van der Waals surface area contributed by atoms with Gasteiger partial charge in [-0.1, -0.05) is 0 Å². The summed E-state index contributed by atoms with van der Waals surface area (Å²) in [5.74, 6) is 0. The Morgan fingerprint density at radius 3 is 0.500 bits per heavy atom. The molecule has 24 valence electrons. The van der Waals surface area contributed by atoms with Crippen LogP contribution >= 0.6 is 0 Å². The molecule has 0 aliphatic rings. The van der Waals surface area contributed by atoms with E-state index in [2.05, 4.69) is 0 Å². The van der Waals surface area contributed by atoms with E-state index in [0.717, 1.165) is 0 Å². The predicted molar refractivity (Wildman–Crippen MR) is 17.3 cm³/mol. The van der Waals surface area contributed by atoms with E-state index in [1.807, 2.05) is 0 Å². The van der Waals surface area contributed by atoms with Crippen LogP contribution in [0.2, 0.25) is 0 Å². The Bertz CT molecular complexity index is 3.25. The topological polar surface area (TPSA) is 0 Å². The fourth-order valence-corrected chi connectivity index (χ4v) is 0. The molecule has 4 heavy (non-hydrogen) atoms. The molecule has 0 amide bonds. The van der Waals surface area contributed by atoms with Crippen LogP contribution in [0.25, 0.3) is 0 Å². The molecule has 0 nitrogen and oxygen atoms in total. The Morgan fingerprint density at radius 1 is 0.500 bits per heavy atom. The summed E-state index contributed by atoms with van der Waals surface area (Å²) < 4.78 is 0. The van der Waals surface area contributed by atoms with Crippen molar-refractivity contribution < 1.29 is 17.4 Å². The van der Waals surface area contributed by atoms with Crippen molar-refractivity contribution in [3.05, 3.63) is 0 Å². The first kappa shape index (κ1) is 28.6. The summed E-state index contributed by atoms with van der Waals surface area (Å²) in [7, 11) is 0. The first-order valence-electron chi connectivity index (χ1n) is 0. The molecule has 0 aliphatic carbocycles. The second-order valence-corrected chi connectivity index (χ2v) is 0. The van der Waals surface area contributed by atoms with E-state index in [1.54, 1.807) is 0 Å². The maximum atomic E-state index is 0. The largest absolute Gasteiger partial charge is 6.00 e. The van der Waals surface area contributed by atoms with Gasteiger partial charge in [-0.25, -0.2) is 0 Å². The van der Waals surface area contributed by atoms with E-state index in [0.29, 0.717) is 0 Å². The van der Waals surface area contributed by atoms with Gasteiger partial charge in [-0.3, -0.25) is 0 Å². The molecule has 0 atom stereocenters. The van der Waals surface area contributed by atoms with Gasteiger partial charge < -0.3 is 71.0 Å². The maximum Gasteiger partial charge on any atom is 6.00 e. The van der Waals surface area contributed by atoms with Gasteiger partial charge in [0.15, 0.2) is 0 Å². The van der Waals surface area contributed by atoms with Crippen LogP contribution in [0.3, 0.4) is 0 Å². The van der Waals surface area contributed by atoms with Gasteiger partial charge in [0, 0.05) is 0 Å². The molecule has 0 fully saturated rings. The molecular weight excluding hydrogens is 435 g/mol. The van der Waals surface area contributed by atoms with Crippen LogP contribution in [0, 0.1) is 0 Å². The smallest absolute Gasteiger partial charge is 2.00 e. The third kappa shape index (κ3) is 8.86. The first-order chi connectivity index (χ1) is 0. The average molecular weight is 435 g/mol. The van der Waals surface area contributed by atoms with Crippen molar-refractivity contribution in [2.24, 2.45) is 0 Å². The Labute approximate surface area is 86.8 Å². The van der Waals surface area contributed by atoms with Crippen LogP contribution in [-0.2, 0) is 17.4 Å². The fraction of sp³-hybridized carbons (Fsp3) is 0. The Morgan fingerprint density at radius 2 is 0.500 bits per heavy atom. The standard InChI is InChI=1S/Cr.3Te/q+6;3*-2. The molecule has 0 radical (unpaired) electrons. The summed E-state index contributed by atoms with van der Waals surface area (Å²) in [6.45, 7) is 0. The fourth-order valence-electron chi connectivity index (χ4n) is 0. The quantitative estimate of drug-likeness (QED) is 0.423. The van der Waals surface area contributed by atoms with Crippen molar-refractivity contribution in [3.63, 3.8) is 0 Å². The zero-order chi connectivity index (χ0) is 0. The van der Waals surface area contributed by atoms with Gasteiger partial charge >= 0.3 is 17.4 Å². The van der Waals surface area contributed by atoms with E-state index < -0.39 is 0 Å². The molecular formula is CrTe3. The molecule has 0 aliphatic heterocycles. The van der Waals surface area contributed by atoms with Gasteiger partial charge in [0.05, 0.1) is 0 Å². The summed E-state index contributed by atoms with van der Waals surface area (Å²) >= 11 is 0. The van der Waals surface area contributed by atoms with Crippen LogP contribution in [0.4, 0.5) is 0 Å². The van der Waals surface area contributed by atoms with E-state index in [4.69, 9.17) is 0 Å². The molecule has 4 heteroatoms. The van der Waals surface area contributed by atoms with Gasteiger partial charge in [-0.2, -0.15) is 0 Å². The second kappa shape index (κ2) is 16.8. The van der Waals surface area contributed by atoms with Crippen molar-refractivity contribution in [1.29, 1.82) is 0 Å². The average Bonchev–Trinajstić information content (AvgIpc) is 0. The Kier molecular flexibility index (Phi) is 120. The molecule has 0 rings (SSSR count). The van der Waals surface area contributed by atoms with E-state index >= 15 is 0 Å². The van der Waals surface area contributed by atoms with Crippen LogP contribution in [0.1, 0.15) is 0 Å². The number of hydrogen-bond donors (Lipinski definition) is 0. The van der Waals surface area contributed by atoms with Crippen molar-refractivity contribution in [2.45, 2.75) is 0 Å². The summed E-state index contributed by atoms with van der Waals surface area (Å²) in [6, 6.07) is 0. The third-order valence-electron chi connectivity index (χ3n) is 0. The first-order valence-corrected chi connectivity index (χ1v) is 0. The molecule has 0 bridgehead atoms. The van der Waals surface area contributed by atoms with Crippen LogP contribution < -0.4 is 0 Å². The second-order valence-electron chi connectivity index (χ2n) is 0. The van der Waals surface area contributed by atoms with Gasteiger partial charge in [0.25, 0.3) is 0 Å². The van der Waals surface area contributed by atoms with Crippen molar-refractivity contribution in [2.75, 3.05) is 0 Å². The van der Waals surface area contributed by atoms with Gasteiger partial charge in [0.1, 0.15) is 0 Å². The maximum absolute atomic E-state index is 0. The Hall–Kier alpha value is 2.90. The number of hydrogen-bond acceptors (Lipinski definition) is 0. The summed E-state index contributed by atoms with van der Waals surface area (Å²) in [6.07, 6.45) is 0. The zero-order valence-corrected chi connectivity index (χ0v) is 9.90. The minimum atomic E-state index is 0. The molecule has 0 aromatic heterocycles. The molecule has 0 spiro atoms. The molecule has 0 saturated carbocycles. The van der Waals surface area contributed by atoms with Crippen molar-refractivity contribution >= 4 is 71.0 Å². The van der Waals surface area contributed by atoms with E-state index in [1.165, 1.54) is 0 Å². The molecule has 0 aromatic rings. The van der Waals surface area contributed by atoms with Gasteiger partial charge in [-0.05, 0) is 0 Å². The minimum absolute atomic E-state index is 0. The van der Waals surface area contributed by atoms with Crippen molar-refractivity contribution in [3.8, 4) is 0 Å². The number of rotatable bonds is 0. The summed E-state index contributed by atoms with van der Waals surface area (Å²) in [4.78, 5) is 0. The molecule has 0 N–H and O–H groups in total. The van der Waals surface area contributed by atoms with Crippen LogP contribution in [-0.4, -0.2) is 71.0 Å². The monoisotopic (exact) mass is 442 g/mol. The minimum Gasteiger partial charge on any atom is -2.00 e. The molecule has 0 heterocycles. The molecule has 0 aromatic carbocycles. The molecule has 0 unspecified atom stereocenters.